The highest BCUT2D eigenvalue weighted by atomic mass is 79.9. The summed E-state index contributed by atoms with van der Waals surface area (Å²) >= 11 is 4.57. The van der Waals surface area contributed by atoms with Crippen molar-refractivity contribution in [1.82, 2.24) is 15.8 Å². The van der Waals surface area contributed by atoms with Gasteiger partial charge in [-0.25, -0.2) is 0 Å². The number of thiophene rings is 1. The number of hydrogen-bond donors (Lipinski definition) is 2. The van der Waals surface area contributed by atoms with E-state index >= 15 is 0 Å². The summed E-state index contributed by atoms with van der Waals surface area (Å²) in [5, 5.41) is 0.810. The average molecular weight is 420 g/mol. The number of hydrogen-bond acceptors (Lipinski definition) is 5. The van der Waals surface area contributed by atoms with Gasteiger partial charge in [0.15, 0.2) is 0 Å². The third-order valence-electron chi connectivity index (χ3n) is 3.55. The fraction of sp³-hybridized carbons (Fsp3) is 0.118. The van der Waals surface area contributed by atoms with Crippen molar-refractivity contribution in [2.75, 3.05) is 7.11 Å². The first-order valence-electron chi connectivity index (χ1n) is 7.29. The number of aromatic nitrogens is 1. The fourth-order valence-corrected chi connectivity index (χ4v) is 3.56. The topological polar surface area (TPSA) is 80.3 Å². The number of benzene rings is 1. The molecule has 25 heavy (non-hydrogen) atoms. The van der Waals surface area contributed by atoms with E-state index in [1.54, 1.807) is 44.4 Å². The van der Waals surface area contributed by atoms with Crippen molar-refractivity contribution in [2.24, 2.45) is 0 Å². The molecule has 0 atom stereocenters. The zero-order valence-electron chi connectivity index (χ0n) is 13.4. The highest BCUT2D eigenvalue weighted by Gasteiger charge is 2.14. The number of fused-ring (bicyclic) bond motifs is 1. The minimum absolute atomic E-state index is 0.375. The number of nitrogens with one attached hydrogen (secondary N) is 2. The Morgan fingerprint density at radius 2 is 1.88 bits per heavy atom. The summed E-state index contributed by atoms with van der Waals surface area (Å²) < 4.78 is 6.02. The van der Waals surface area contributed by atoms with E-state index in [1.807, 2.05) is 6.07 Å². The van der Waals surface area contributed by atoms with Gasteiger partial charge >= 0.3 is 0 Å². The Kier molecular flexibility index (Phi) is 5.00. The third kappa shape index (κ3) is 3.80. The number of amides is 2. The number of carbonyl (C=O) groups excluding carboxylic acids is 2. The molecule has 2 amide bonds. The van der Waals surface area contributed by atoms with E-state index in [2.05, 4.69) is 31.8 Å². The van der Waals surface area contributed by atoms with Gasteiger partial charge in [-0.2, -0.15) is 0 Å². The summed E-state index contributed by atoms with van der Waals surface area (Å²) in [6.45, 7) is 1.74. The molecule has 0 fully saturated rings. The van der Waals surface area contributed by atoms with Crippen molar-refractivity contribution < 1.29 is 14.3 Å². The molecule has 8 heteroatoms. The Labute approximate surface area is 156 Å². The largest absolute Gasteiger partial charge is 0.497 e. The second kappa shape index (κ2) is 7.20. The molecular formula is C17H14BrN3O3S. The first-order chi connectivity index (χ1) is 12.0. The standard InChI is InChI=1S/C17H14BrN3O3S/c1-9-12(7-10-3-4-11(24-2)8-13(10)19-9)16(22)20-21-17(23)14-5-6-15(18)25-14/h3-8H,1-2H3,(H,20,22)(H,21,23). The summed E-state index contributed by atoms with van der Waals surface area (Å²) in [5.74, 6) is -0.0992. The van der Waals surface area contributed by atoms with E-state index in [4.69, 9.17) is 4.74 Å². The Morgan fingerprint density at radius 1 is 1.12 bits per heavy atom. The Bertz CT molecular complexity index is 971. The van der Waals surface area contributed by atoms with Gasteiger partial charge in [-0.3, -0.25) is 25.4 Å². The lowest BCUT2D eigenvalue weighted by atomic mass is 10.1. The van der Waals surface area contributed by atoms with E-state index in [-0.39, 0.29) is 5.91 Å². The SMILES string of the molecule is COc1ccc2cc(C(=O)NNC(=O)c3ccc(Br)s3)c(C)nc2c1. The van der Waals surface area contributed by atoms with Crippen molar-refractivity contribution in [3.63, 3.8) is 0 Å². The van der Waals surface area contributed by atoms with Crippen LogP contribution in [0.1, 0.15) is 25.7 Å². The van der Waals surface area contributed by atoms with E-state index in [0.29, 0.717) is 21.9 Å². The molecule has 0 saturated carbocycles. The summed E-state index contributed by atoms with van der Waals surface area (Å²) in [6.07, 6.45) is 0. The molecule has 0 spiro atoms. The van der Waals surface area contributed by atoms with Crippen LogP contribution >= 0.6 is 27.3 Å². The molecule has 3 rings (SSSR count). The second-order valence-corrected chi connectivity index (χ2v) is 7.65. The number of rotatable bonds is 3. The molecule has 1 aromatic carbocycles. The van der Waals surface area contributed by atoms with Crippen LogP contribution in [0.2, 0.25) is 0 Å². The quantitative estimate of drug-likeness (QED) is 0.637. The molecule has 2 heterocycles. The van der Waals surface area contributed by atoms with Crippen molar-refractivity contribution in [3.8, 4) is 5.75 Å². The molecule has 0 aliphatic heterocycles. The predicted octanol–water partition coefficient (Wildman–Crippen LogP) is 3.45. The summed E-state index contributed by atoms with van der Waals surface area (Å²) in [7, 11) is 1.59. The maximum absolute atomic E-state index is 12.4. The molecule has 3 aromatic rings. The number of methoxy groups -OCH3 is 1. The number of nitrogens with zero attached hydrogens (tertiary/aromatic N) is 1. The molecule has 6 nitrogen and oxygen atoms in total. The molecule has 0 aliphatic rings. The van der Waals surface area contributed by atoms with Gasteiger partial charge in [0.2, 0.25) is 0 Å². The lowest BCUT2D eigenvalue weighted by Crippen LogP contribution is -2.41. The molecule has 0 unspecified atom stereocenters. The molecule has 0 aliphatic carbocycles. The summed E-state index contributed by atoms with van der Waals surface area (Å²) in [4.78, 5) is 29.3. The third-order valence-corrected chi connectivity index (χ3v) is 5.17. The van der Waals surface area contributed by atoms with Crippen molar-refractivity contribution in [1.29, 1.82) is 0 Å². The average Bonchev–Trinajstić information content (AvgIpc) is 3.04. The minimum atomic E-state index is -0.424. The van der Waals surface area contributed by atoms with E-state index in [9.17, 15) is 9.59 Å². The van der Waals surface area contributed by atoms with Gasteiger partial charge in [-0.05, 0) is 53.2 Å². The predicted molar refractivity (Wildman–Crippen MR) is 100.0 cm³/mol. The van der Waals surface area contributed by atoms with Gasteiger partial charge in [-0.1, -0.05) is 0 Å². The lowest BCUT2D eigenvalue weighted by molar-refractivity contribution is 0.0848. The van der Waals surface area contributed by atoms with Gasteiger partial charge in [0, 0.05) is 11.5 Å². The van der Waals surface area contributed by atoms with Gasteiger partial charge in [0.1, 0.15) is 5.75 Å². The lowest BCUT2D eigenvalue weighted by Gasteiger charge is -2.10. The van der Waals surface area contributed by atoms with Crippen LogP contribution in [-0.4, -0.2) is 23.9 Å². The van der Waals surface area contributed by atoms with E-state index < -0.39 is 5.91 Å². The van der Waals surface area contributed by atoms with Gasteiger partial charge < -0.3 is 4.74 Å². The molecule has 128 valence electrons. The van der Waals surface area contributed by atoms with Crippen LogP contribution in [0.3, 0.4) is 0 Å². The molecule has 2 aromatic heterocycles. The number of halogens is 1. The number of hydrazine groups is 1. The first kappa shape index (κ1) is 17.4. The van der Waals surface area contributed by atoms with Crippen LogP contribution in [-0.2, 0) is 0 Å². The van der Waals surface area contributed by atoms with Crippen molar-refractivity contribution in [3.05, 3.63) is 56.3 Å². The van der Waals surface area contributed by atoms with E-state index in [0.717, 1.165) is 14.7 Å². The number of pyridine rings is 1. The summed E-state index contributed by atoms with van der Waals surface area (Å²) in [6, 6.07) is 10.6. The van der Waals surface area contributed by atoms with Crippen LogP contribution in [0.25, 0.3) is 10.9 Å². The zero-order valence-corrected chi connectivity index (χ0v) is 15.8. The van der Waals surface area contributed by atoms with Gasteiger partial charge in [0.25, 0.3) is 11.8 Å². The fourth-order valence-electron chi connectivity index (χ4n) is 2.28. The Hall–Kier alpha value is -2.45. The number of ether oxygens (including phenoxy) is 1. The maximum Gasteiger partial charge on any atom is 0.279 e. The normalized spacial score (nSPS) is 10.5. The second-order valence-electron chi connectivity index (χ2n) is 5.19. The van der Waals surface area contributed by atoms with E-state index in [1.165, 1.54) is 11.3 Å². The van der Waals surface area contributed by atoms with Crippen LogP contribution < -0.4 is 15.6 Å². The first-order valence-corrected chi connectivity index (χ1v) is 8.90. The molecule has 2 N–H and O–H groups in total. The minimum Gasteiger partial charge on any atom is -0.497 e. The van der Waals surface area contributed by atoms with Gasteiger partial charge in [-0.15, -0.1) is 11.3 Å². The summed E-state index contributed by atoms with van der Waals surface area (Å²) in [5.41, 5.74) is 6.52. The zero-order chi connectivity index (χ0) is 18.0. The van der Waals surface area contributed by atoms with Crippen LogP contribution in [0, 0.1) is 6.92 Å². The Balaban J connectivity index is 1.77. The van der Waals surface area contributed by atoms with Crippen molar-refractivity contribution >= 4 is 50.0 Å². The van der Waals surface area contributed by atoms with Crippen LogP contribution in [0.5, 0.6) is 5.75 Å². The number of aryl methyl sites for hydroxylation is 1. The maximum atomic E-state index is 12.4. The molecule has 0 saturated heterocycles. The molecule has 0 bridgehead atoms. The Morgan fingerprint density at radius 3 is 2.56 bits per heavy atom. The number of carbonyl (C=O) groups is 2. The van der Waals surface area contributed by atoms with Crippen molar-refractivity contribution in [2.45, 2.75) is 6.92 Å². The highest BCUT2D eigenvalue weighted by Crippen LogP contribution is 2.22. The van der Waals surface area contributed by atoms with Gasteiger partial charge in [0.05, 0.1) is 32.5 Å². The van der Waals surface area contributed by atoms with Crippen LogP contribution in [0.15, 0.2) is 40.2 Å². The molecular weight excluding hydrogens is 406 g/mol. The monoisotopic (exact) mass is 419 g/mol. The molecule has 0 radical (unpaired) electrons. The van der Waals surface area contributed by atoms with Crippen LogP contribution in [0.4, 0.5) is 0 Å². The highest BCUT2D eigenvalue weighted by molar-refractivity contribution is 9.11. The smallest absolute Gasteiger partial charge is 0.279 e.